The van der Waals surface area contributed by atoms with Gasteiger partial charge >= 0.3 is 5.97 Å². The standard InChI is InChI=1S/C16H16ClNO3/c17-12-2-1-3-13(8-12)18-15(19)9-21-16(20)14-7-10-4-5-11(14)6-10/h1-5,8,10-11,14H,6-7,9H2,(H,18,19). The molecule has 0 aromatic heterocycles. The largest absolute Gasteiger partial charge is 0.455 e. The molecular formula is C16H16ClNO3. The Morgan fingerprint density at radius 2 is 2.14 bits per heavy atom. The fourth-order valence-electron chi connectivity index (χ4n) is 3.06. The Bertz CT molecular complexity index is 599. The van der Waals surface area contributed by atoms with Crippen molar-refractivity contribution in [3.05, 3.63) is 41.4 Å². The van der Waals surface area contributed by atoms with Crippen molar-refractivity contribution in [1.29, 1.82) is 0 Å². The molecule has 2 aliphatic rings. The minimum Gasteiger partial charge on any atom is -0.455 e. The lowest BCUT2D eigenvalue weighted by molar-refractivity contribution is -0.152. The maximum atomic E-state index is 12.0. The van der Waals surface area contributed by atoms with Gasteiger partial charge in [0.05, 0.1) is 5.92 Å². The molecule has 5 heteroatoms. The van der Waals surface area contributed by atoms with E-state index in [1.54, 1.807) is 24.3 Å². The Balaban J connectivity index is 1.47. The van der Waals surface area contributed by atoms with Crippen molar-refractivity contribution in [1.82, 2.24) is 0 Å². The Hall–Kier alpha value is -1.81. The van der Waals surface area contributed by atoms with Gasteiger partial charge in [-0.1, -0.05) is 29.8 Å². The smallest absolute Gasteiger partial charge is 0.310 e. The molecule has 0 heterocycles. The number of amides is 1. The molecular weight excluding hydrogens is 290 g/mol. The maximum absolute atomic E-state index is 12.0. The molecule has 1 amide bonds. The van der Waals surface area contributed by atoms with Crippen LogP contribution in [0, 0.1) is 17.8 Å². The fraction of sp³-hybridized carbons (Fsp3) is 0.375. The van der Waals surface area contributed by atoms with Gasteiger partial charge in [0, 0.05) is 10.7 Å². The quantitative estimate of drug-likeness (QED) is 0.687. The summed E-state index contributed by atoms with van der Waals surface area (Å²) >= 11 is 5.83. The zero-order valence-electron chi connectivity index (χ0n) is 11.4. The molecule has 1 aromatic rings. The average Bonchev–Trinajstić information content (AvgIpc) is 3.07. The highest BCUT2D eigenvalue weighted by atomic mass is 35.5. The number of rotatable bonds is 4. The zero-order chi connectivity index (χ0) is 14.8. The van der Waals surface area contributed by atoms with Gasteiger partial charge in [-0.2, -0.15) is 0 Å². The van der Waals surface area contributed by atoms with Gasteiger partial charge in [-0.05, 0) is 42.9 Å². The first-order valence-electron chi connectivity index (χ1n) is 7.02. The Kier molecular flexibility index (Phi) is 3.97. The third-order valence-electron chi connectivity index (χ3n) is 4.04. The second-order valence-corrected chi connectivity index (χ2v) is 5.99. The summed E-state index contributed by atoms with van der Waals surface area (Å²) in [7, 11) is 0. The van der Waals surface area contributed by atoms with E-state index in [1.807, 2.05) is 0 Å². The Morgan fingerprint density at radius 3 is 2.81 bits per heavy atom. The van der Waals surface area contributed by atoms with Crippen LogP contribution in [0.5, 0.6) is 0 Å². The summed E-state index contributed by atoms with van der Waals surface area (Å²) in [4.78, 5) is 23.7. The Labute approximate surface area is 128 Å². The SMILES string of the molecule is O=C(COC(=O)C1CC2C=CC1C2)Nc1cccc(Cl)c1. The first-order chi connectivity index (χ1) is 10.1. The molecule has 4 nitrogen and oxygen atoms in total. The minimum atomic E-state index is -0.357. The molecule has 0 spiro atoms. The fourth-order valence-corrected chi connectivity index (χ4v) is 3.25. The van der Waals surface area contributed by atoms with Crippen molar-refractivity contribution in [2.75, 3.05) is 11.9 Å². The second-order valence-electron chi connectivity index (χ2n) is 5.55. The molecule has 21 heavy (non-hydrogen) atoms. The van der Waals surface area contributed by atoms with Crippen LogP contribution in [0.1, 0.15) is 12.8 Å². The van der Waals surface area contributed by atoms with E-state index in [9.17, 15) is 9.59 Å². The van der Waals surface area contributed by atoms with Crippen molar-refractivity contribution in [3.8, 4) is 0 Å². The lowest BCUT2D eigenvalue weighted by atomic mass is 9.94. The molecule has 0 aliphatic heterocycles. The van der Waals surface area contributed by atoms with Gasteiger partial charge in [0.15, 0.2) is 6.61 Å². The first-order valence-corrected chi connectivity index (χ1v) is 7.40. The molecule has 1 fully saturated rings. The van der Waals surface area contributed by atoms with Crippen LogP contribution in [0.3, 0.4) is 0 Å². The van der Waals surface area contributed by atoms with Crippen molar-refractivity contribution in [3.63, 3.8) is 0 Å². The predicted octanol–water partition coefficient (Wildman–Crippen LogP) is 3.03. The van der Waals surface area contributed by atoms with Gasteiger partial charge in [-0.25, -0.2) is 0 Å². The van der Waals surface area contributed by atoms with Crippen LogP contribution in [0.25, 0.3) is 0 Å². The molecule has 1 N–H and O–H groups in total. The van der Waals surface area contributed by atoms with Crippen LogP contribution in [0.4, 0.5) is 5.69 Å². The topological polar surface area (TPSA) is 55.4 Å². The predicted molar refractivity (Wildman–Crippen MR) is 79.9 cm³/mol. The summed E-state index contributed by atoms with van der Waals surface area (Å²) in [6.07, 6.45) is 6.14. The van der Waals surface area contributed by atoms with Crippen LogP contribution in [0.15, 0.2) is 36.4 Å². The van der Waals surface area contributed by atoms with E-state index >= 15 is 0 Å². The van der Waals surface area contributed by atoms with E-state index in [2.05, 4.69) is 17.5 Å². The van der Waals surface area contributed by atoms with Crippen LogP contribution in [-0.2, 0) is 14.3 Å². The summed E-state index contributed by atoms with van der Waals surface area (Å²) in [5.74, 6) is 0.0858. The van der Waals surface area contributed by atoms with Gasteiger partial charge in [0.2, 0.25) is 0 Å². The molecule has 2 aliphatic carbocycles. The van der Waals surface area contributed by atoms with Crippen LogP contribution in [-0.4, -0.2) is 18.5 Å². The highest BCUT2D eigenvalue weighted by Gasteiger charge is 2.40. The average molecular weight is 306 g/mol. The lowest BCUT2D eigenvalue weighted by Crippen LogP contribution is -2.26. The number of ether oxygens (including phenoxy) is 1. The van der Waals surface area contributed by atoms with Crippen LogP contribution >= 0.6 is 11.6 Å². The molecule has 1 aromatic carbocycles. The van der Waals surface area contributed by atoms with E-state index in [1.165, 1.54) is 0 Å². The van der Waals surface area contributed by atoms with Gasteiger partial charge < -0.3 is 10.1 Å². The number of carbonyl (C=O) groups excluding carboxylic acids is 2. The number of anilines is 1. The Morgan fingerprint density at radius 1 is 1.29 bits per heavy atom. The highest BCUT2D eigenvalue weighted by Crippen LogP contribution is 2.43. The molecule has 0 saturated heterocycles. The van der Waals surface area contributed by atoms with Crippen molar-refractivity contribution in [2.24, 2.45) is 17.8 Å². The highest BCUT2D eigenvalue weighted by molar-refractivity contribution is 6.30. The van der Waals surface area contributed by atoms with Crippen LogP contribution in [0.2, 0.25) is 5.02 Å². The number of hydrogen-bond donors (Lipinski definition) is 1. The molecule has 3 rings (SSSR count). The number of hydrogen-bond acceptors (Lipinski definition) is 3. The van der Waals surface area contributed by atoms with E-state index in [0.717, 1.165) is 12.8 Å². The van der Waals surface area contributed by atoms with E-state index < -0.39 is 0 Å². The number of benzene rings is 1. The van der Waals surface area contributed by atoms with E-state index in [0.29, 0.717) is 22.5 Å². The van der Waals surface area contributed by atoms with Gasteiger partial charge in [0.1, 0.15) is 0 Å². The molecule has 0 radical (unpaired) electrons. The molecule has 3 unspecified atom stereocenters. The number of carbonyl (C=O) groups is 2. The molecule has 1 saturated carbocycles. The monoisotopic (exact) mass is 305 g/mol. The normalized spacial score (nSPS) is 25.9. The first kappa shape index (κ1) is 14.1. The van der Waals surface area contributed by atoms with Crippen LogP contribution < -0.4 is 5.32 Å². The molecule has 110 valence electrons. The number of esters is 1. The van der Waals surface area contributed by atoms with E-state index in [-0.39, 0.29) is 24.4 Å². The summed E-state index contributed by atoms with van der Waals surface area (Å²) in [5, 5.41) is 3.19. The number of halogens is 1. The molecule has 3 atom stereocenters. The summed E-state index contributed by atoms with van der Waals surface area (Å²) in [6, 6.07) is 6.83. The summed E-state index contributed by atoms with van der Waals surface area (Å²) in [6.45, 7) is -0.261. The number of allylic oxidation sites excluding steroid dienone is 2. The second kappa shape index (κ2) is 5.90. The summed E-state index contributed by atoms with van der Waals surface area (Å²) < 4.78 is 5.12. The van der Waals surface area contributed by atoms with Gasteiger partial charge in [-0.3, -0.25) is 9.59 Å². The maximum Gasteiger partial charge on any atom is 0.310 e. The molecule has 2 bridgehead atoms. The van der Waals surface area contributed by atoms with Crippen molar-refractivity contribution < 1.29 is 14.3 Å². The summed E-state index contributed by atoms with van der Waals surface area (Å²) in [5.41, 5.74) is 0.589. The van der Waals surface area contributed by atoms with Crippen molar-refractivity contribution in [2.45, 2.75) is 12.8 Å². The zero-order valence-corrected chi connectivity index (χ0v) is 12.2. The third kappa shape index (κ3) is 3.27. The van der Waals surface area contributed by atoms with Gasteiger partial charge in [-0.15, -0.1) is 0 Å². The van der Waals surface area contributed by atoms with Gasteiger partial charge in [0.25, 0.3) is 5.91 Å². The van der Waals surface area contributed by atoms with Crippen molar-refractivity contribution >= 4 is 29.2 Å². The third-order valence-corrected chi connectivity index (χ3v) is 4.27. The number of nitrogens with one attached hydrogen (secondary N) is 1. The minimum absolute atomic E-state index is 0.0843. The van der Waals surface area contributed by atoms with E-state index in [4.69, 9.17) is 16.3 Å². The lowest BCUT2D eigenvalue weighted by Gasteiger charge is -2.16. The number of fused-ring (bicyclic) bond motifs is 2.